The summed E-state index contributed by atoms with van der Waals surface area (Å²) in [6, 6.07) is 1.88. The number of hydrogen-bond donors (Lipinski definition) is 2. The van der Waals surface area contributed by atoms with Crippen LogP contribution in [0.1, 0.15) is 23.7 Å². The lowest BCUT2D eigenvalue weighted by Gasteiger charge is -2.08. The zero-order valence-electron chi connectivity index (χ0n) is 10.1. The molecule has 1 rings (SSSR count). The van der Waals surface area contributed by atoms with Gasteiger partial charge in [-0.2, -0.15) is 0 Å². The van der Waals surface area contributed by atoms with E-state index >= 15 is 0 Å². The van der Waals surface area contributed by atoms with Crippen molar-refractivity contribution >= 4 is 17.3 Å². The molecular weight excluding hydrogens is 241 g/mol. The predicted octanol–water partition coefficient (Wildman–Crippen LogP) is 1.92. The summed E-state index contributed by atoms with van der Waals surface area (Å²) >= 11 is 0. The van der Waals surface area contributed by atoms with Gasteiger partial charge in [-0.25, -0.2) is 4.39 Å². The van der Waals surface area contributed by atoms with Crippen molar-refractivity contribution in [2.45, 2.75) is 13.3 Å². The predicted molar refractivity (Wildman–Crippen MR) is 65.2 cm³/mol. The number of nitrogens with one attached hydrogen (secondary N) is 2. The standard InChI is InChI=1S/C11H14FN3O3/c1-3-4-14-11(16)7-5-9(13-2)8(12)6-10(7)15(17)18/h5-6,13H,3-4H2,1-2H3,(H,14,16). The van der Waals surface area contributed by atoms with Gasteiger partial charge in [0.2, 0.25) is 0 Å². The molecule has 7 heteroatoms. The number of nitro benzene ring substituents is 1. The lowest BCUT2D eigenvalue weighted by molar-refractivity contribution is -0.385. The second-order valence-corrected chi connectivity index (χ2v) is 3.61. The van der Waals surface area contributed by atoms with Crippen LogP contribution in [0.5, 0.6) is 0 Å². The Morgan fingerprint density at radius 1 is 1.50 bits per heavy atom. The van der Waals surface area contributed by atoms with Crippen LogP contribution in [0.2, 0.25) is 0 Å². The van der Waals surface area contributed by atoms with Crippen molar-refractivity contribution < 1.29 is 14.1 Å². The van der Waals surface area contributed by atoms with Gasteiger partial charge in [0.1, 0.15) is 5.56 Å². The maximum absolute atomic E-state index is 13.4. The summed E-state index contributed by atoms with van der Waals surface area (Å²) in [5.74, 6) is -1.35. The summed E-state index contributed by atoms with van der Waals surface area (Å²) in [6.07, 6.45) is 0.708. The van der Waals surface area contributed by atoms with Crippen LogP contribution in [-0.2, 0) is 0 Å². The zero-order valence-corrected chi connectivity index (χ0v) is 10.1. The van der Waals surface area contributed by atoms with E-state index in [1.165, 1.54) is 7.05 Å². The van der Waals surface area contributed by atoms with E-state index in [2.05, 4.69) is 10.6 Å². The summed E-state index contributed by atoms with van der Waals surface area (Å²) in [6.45, 7) is 2.26. The minimum atomic E-state index is -0.774. The fourth-order valence-corrected chi connectivity index (χ4v) is 1.42. The molecule has 0 aliphatic carbocycles. The molecule has 0 heterocycles. The van der Waals surface area contributed by atoms with Crippen LogP contribution in [0.15, 0.2) is 12.1 Å². The molecule has 1 amide bonds. The maximum atomic E-state index is 13.4. The molecule has 0 saturated carbocycles. The largest absolute Gasteiger partial charge is 0.386 e. The highest BCUT2D eigenvalue weighted by atomic mass is 19.1. The first-order valence-corrected chi connectivity index (χ1v) is 5.45. The lowest BCUT2D eigenvalue weighted by Crippen LogP contribution is -2.25. The van der Waals surface area contributed by atoms with E-state index in [0.717, 1.165) is 12.1 Å². The van der Waals surface area contributed by atoms with Gasteiger partial charge in [0, 0.05) is 13.6 Å². The van der Waals surface area contributed by atoms with Crippen molar-refractivity contribution in [1.29, 1.82) is 0 Å². The van der Waals surface area contributed by atoms with Crippen LogP contribution in [0.4, 0.5) is 15.8 Å². The van der Waals surface area contributed by atoms with Crippen molar-refractivity contribution in [2.24, 2.45) is 0 Å². The van der Waals surface area contributed by atoms with E-state index in [1.807, 2.05) is 6.92 Å². The summed E-state index contributed by atoms with van der Waals surface area (Å²) in [5, 5.41) is 15.8. The molecule has 0 saturated heterocycles. The second kappa shape index (κ2) is 5.95. The average Bonchev–Trinajstić information content (AvgIpc) is 2.35. The highest BCUT2D eigenvalue weighted by Crippen LogP contribution is 2.25. The van der Waals surface area contributed by atoms with Crippen LogP contribution in [0, 0.1) is 15.9 Å². The molecule has 2 N–H and O–H groups in total. The van der Waals surface area contributed by atoms with Crippen LogP contribution in [0.3, 0.4) is 0 Å². The van der Waals surface area contributed by atoms with E-state index in [-0.39, 0.29) is 11.3 Å². The molecule has 0 unspecified atom stereocenters. The van der Waals surface area contributed by atoms with Crippen molar-refractivity contribution in [1.82, 2.24) is 5.32 Å². The fraction of sp³-hybridized carbons (Fsp3) is 0.364. The third-order valence-corrected chi connectivity index (χ3v) is 2.33. The number of amides is 1. The van der Waals surface area contributed by atoms with Gasteiger partial charge in [-0.3, -0.25) is 14.9 Å². The van der Waals surface area contributed by atoms with Gasteiger partial charge in [0.25, 0.3) is 11.6 Å². The number of benzene rings is 1. The van der Waals surface area contributed by atoms with Gasteiger partial charge in [0.15, 0.2) is 5.82 Å². The molecule has 1 aromatic carbocycles. The Morgan fingerprint density at radius 2 is 2.17 bits per heavy atom. The Kier molecular flexibility index (Phi) is 4.59. The van der Waals surface area contributed by atoms with Crippen molar-refractivity contribution in [3.8, 4) is 0 Å². The number of halogens is 1. The minimum absolute atomic E-state index is 0.0437. The molecule has 6 nitrogen and oxygen atoms in total. The maximum Gasteiger partial charge on any atom is 0.285 e. The molecule has 0 aromatic heterocycles. The van der Waals surface area contributed by atoms with Crippen LogP contribution in [0.25, 0.3) is 0 Å². The molecule has 0 spiro atoms. The van der Waals surface area contributed by atoms with Crippen LogP contribution >= 0.6 is 0 Å². The Balaban J connectivity index is 3.21. The van der Waals surface area contributed by atoms with Crippen LogP contribution in [-0.4, -0.2) is 24.4 Å². The quantitative estimate of drug-likeness (QED) is 0.621. The average molecular weight is 255 g/mol. The number of carbonyl (C=O) groups is 1. The van der Waals surface area contributed by atoms with Crippen molar-refractivity contribution in [3.63, 3.8) is 0 Å². The number of hydrogen-bond acceptors (Lipinski definition) is 4. The number of nitrogens with zero attached hydrogens (tertiary/aromatic N) is 1. The van der Waals surface area contributed by atoms with E-state index in [4.69, 9.17) is 0 Å². The molecule has 0 aliphatic heterocycles. The first kappa shape index (κ1) is 13.9. The fourth-order valence-electron chi connectivity index (χ4n) is 1.42. The van der Waals surface area contributed by atoms with Crippen LogP contribution < -0.4 is 10.6 Å². The summed E-state index contributed by atoms with van der Waals surface area (Å²) < 4.78 is 13.4. The summed E-state index contributed by atoms with van der Waals surface area (Å²) in [4.78, 5) is 21.8. The monoisotopic (exact) mass is 255 g/mol. The summed E-state index contributed by atoms with van der Waals surface area (Å²) in [5.41, 5.74) is -0.651. The summed E-state index contributed by atoms with van der Waals surface area (Å²) in [7, 11) is 1.47. The number of nitro groups is 1. The second-order valence-electron chi connectivity index (χ2n) is 3.61. The van der Waals surface area contributed by atoms with Crippen molar-refractivity contribution in [3.05, 3.63) is 33.6 Å². The SMILES string of the molecule is CCCNC(=O)c1cc(NC)c(F)cc1[N+](=O)[O-]. The number of anilines is 1. The molecule has 0 radical (unpaired) electrons. The lowest BCUT2D eigenvalue weighted by atomic mass is 10.1. The van der Waals surface area contributed by atoms with Gasteiger partial charge < -0.3 is 10.6 Å². The van der Waals surface area contributed by atoms with Gasteiger partial charge in [-0.15, -0.1) is 0 Å². The van der Waals surface area contributed by atoms with E-state index in [0.29, 0.717) is 13.0 Å². The Hall–Kier alpha value is -2.18. The highest BCUT2D eigenvalue weighted by Gasteiger charge is 2.23. The number of carbonyl (C=O) groups excluding carboxylic acids is 1. The third-order valence-electron chi connectivity index (χ3n) is 2.33. The van der Waals surface area contributed by atoms with E-state index in [1.54, 1.807) is 0 Å². The molecule has 0 fully saturated rings. The minimum Gasteiger partial charge on any atom is -0.386 e. The molecule has 98 valence electrons. The molecule has 0 bridgehead atoms. The molecule has 1 aromatic rings. The third kappa shape index (κ3) is 2.93. The molecule has 18 heavy (non-hydrogen) atoms. The molecule has 0 atom stereocenters. The Morgan fingerprint density at radius 3 is 2.67 bits per heavy atom. The van der Waals surface area contributed by atoms with Crippen molar-refractivity contribution in [2.75, 3.05) is 18.9 Å². The number of rotatable bonds is 5. The zero-order chi connectivity index (χ0) is 13.7. The first-order chi connectivity index (χ1) is 8.51. The highest BCUT2D eigenvalue weighted by molar-refractivity contribution is 5.99. The normalized spacial score (nSPS) is 9.94. The smallest absolute Gasteiger partial charge is 0.285 e. The van der Waals surface area contributed by atoms with Gasteiger partial charge in [0.05, 0.1) is 16.7 Å². The molecular formula is C11H14FN3O3. The van der Waals surface area contributed by atoms with Gasteiger partial charge in [-0.1, -0.05) is 6.92 Å². The van der Waals surface area contributed by atoms with E-state index in [9.17, 15) is 19.3 Å². The van der Waals surface area contributed by atoms with Gasteiger partial charge >= 0.3 is 0 Å². The Labute approximate surface area is 103 Å². The Bertz CT molecular complexity index is 477. The van der Waals surface area contributed by atoms with Gasteiger partial charge in [-0.05, 0) is 12.5 Å². The van der Waals surface area contributed by atoms with E-state index < -0.39 is 22.3 Å². The first-order valence-electron chi connectivity index (χ1n) is 5.45. The topological polar surface area (TPSA) is 84.3 Å². The molecule has 0 aliphatic rings.